The van der Waals surface area contributed by atoms with Crippen LogP contribution in [0.5, 0.6) is 0 Å². The first kappa shape index (κ1) is 17.1. The molecule has 0 fully saturated rings. The SMILES string of the molecule is Cc1cc(Br)c(S(=O)(=O)Nc2ccc(Cl)cc2Cl)cc1Br. The van der Waals surface area contributed by atoms with E-state index in [1.54, 1.807) is 12.1 Å². The highest BCUT2D eigenvalue weighted by atomic mass is 79.9. The zero-order valence-corrected chi connectivity index (χ0v) is 16.1. The van der Waals surface area contributed by atoms with Crippen molar-refractivity contribution in [2.24, 2.45) is 0 Å². The Morgan fingerprint density at radius 1 is 1.05 bits per heavy atom. The molecule has 0 aromatic heterocycles. The van der Waals surface area contributed by atoms with Gasteiger partial charge >= 0.3 is 0 Å². The molecular weight excluding hydrogens is 465 g/mol. The largest absolute Gasteiger partial charge is 0.278 e. The summed E-state index contributed by atoms with van der Waals surface area (Å²) in [6.45, 7) is 1.87. The number of hydrogen-bond donors (Lipinski definition) is 1. The first-order valence-electron chi connectivity index (χ1n) is 5.64. The molecule has 0 atom stereocenters. The predicted octanol–water partition coefficient (Wildman–Crippen LogP) is 5.63. The molecule has 8 heteroatoms. The van der Waals surface area contributed by atoms with Crippen LogP contribution >= 0.6 is 55.1 Å². The fourth-order valence-corrected chi connectivity index (χ4v) is 4.88. The minimum Gasteiger partial charge on any atom is -0.278 e. The van der Waals surface area contributed by atoms with Gasteiger partial charge in [-0.3, -0.25) is 4.72 Å². The lowest BCUT2D eigenvalue weighted by Gasteiger charge is -2.12. The highest BCUT2D eigenvalue weighted by molar-refractivity contribution is 9.11. The average molecular weight is 474 g/mol. The minimum atomic E-state index is -3.77. The highest BCUT2D eigenvalue weighted by Crippen LogP contribution is 2.32. The van der Waals surface area contributed by atoms with Gasteiger partial charge in [0.2, 0.25) is 0 Å². The molecule has 0 aliphatic rings. The van der Waals surface area contributed by atoms with E-state index < -0.39 is 10.0 Å². The summed E-state index contributed by atoms with van der Waals surface area (Å²) < 4.78 is 28.6. The molecule has 0 amide bonds. The molecule has 0 spiro atoms. The molecule has 0 aliphatic heterocycles. The van der Waals surface area contributed by atoms with E-state index in [-0.39, 0.29) is 15.6 Å². The number of nitrogens with one attached hydrogen (secondary N) is 1. The van der Waals surface area contributed by atoms with Crippen molar-refractivity contribution in [2.45, 2.75) is 11.8 Å². The summed E-state index contributed by atoms with van der Waals surface area (Å²) >= 11 is 18.4. The van der Waals surface area contributed by atoms with Crippen molar-refractivity contribution < 1.29 is 8.42 Å². The smallest absolute Gasteiger partial charge is 0.263 e. The molecule has 1 N–H and O–H groups in total. The van der Waals surface area contributed by atoms with Crippen LogP contribution in [0.3, 0.4) is 0 Å². The number of hydrogen-bond acceptors (Lipinski definition) is 2. The topological polar surface area (TPSA) is 46.2 Å². The molecule has 2 aromatic rings. The third kappa shape index (κ3) is 3.93. The first-order valence-corrected chi connectivity index (χ1v) is 9.47. The van der Waals surface area contributed by atoms with E-state index in [9.17, 15) is 8.42 Å². The molecule has 21 heavy (non-hydrogen) atoms. The molecule has 0 heterocycles. The fraction of sp³-hybridized carbons (Fsp3) is 0.0769. The van der Waals surface area contributed by atoms with E-state index in [0.717, 1.165) is 5.56 Å². The Balaban J connectivity index is 2.46. The summed E-state index contributed by atoms with van der Waals surface area (Å²) in [5, 5.41) is 0.663. The van der Waals surface area contributed by atoms with Gasteiger partial charge in [-0.15, -0.1) is 0 Å². The van der Waals surface area contributed by atoms with Crippen LogP contribution in [0.25, 0.3) is 0 Å². The van der Waals surface area contributed by atoms with Crippen LogP contribution in [0, 0.1) is 6.92 Å². The molecule has 0 saturated heterocycles. The minimum absolute atomic E-state index is 0.117. The maximum Gasteiger partial charge on any atom is 0.263 e. The summed E-state index contributed by atoms with van der Waals surface area (Å²) in [7, 11) is -3.77. The number of aryl methyl sites for hydroxylation is 1. The van der Waals surface area contributed by atoms with Gasteiger partial charge < -0.3 is 0 Å². The van der Waals surface area contributed by atoms with Gasteiger partial charge in [0.05, 0.1) is 10.7 Å². The Labute approximate surface area is 150 Å². The molecule has 2 aromatic carbocycles. The maximum atomic E-state index is 12.5. The molecule has 0 bridgehead atoms. The predicted molar refractivity (Wildman–Crippen MR) is 93.8 cm³/mol. The summed E-state index contributed by atoms with van der Waals surface area (Å²) in [4.78, 5) is 0.117. The highest BCUT2D eigenvalue weighted by Gasteiger charge is 2.20. The van der Waals surface area contributed by atoms with Crippen LogP contribution in [-0.4, -0.2) is 8.42 Å². The lowest BCUT2D eigenvalue weighted by atomic mass is 10.2. The second-order valence-corrected chi connectivity index (χ2v) is 8.46. The van der Waals surface area contributed by atoms with Gasteiger partial charge in [0.15, 0.2) is 0 Å². The zero-order valence-electron chi connectivity index (χ0n) is 10.6. The number of halogens is 4. The van der Waals surface area contributed by atoms with Crippen LogP contribution in [0.15, 0.2) is 44.2 Å². The Morgan fingerprint density at radius 3 is 2.33 bits per heavy atom. The summed E-state index contributed by atoms with van der Waals surface area (Å²) in [5.41, 5.74) is 1.19. The van der Waals surface area contributed by atoms with Gasteiger partial charge in [-0.1, -0.05) is 39.1 Å². The molecule has 112 valence electrons. The van der Waals surface area contributed by atoms with Crippen LogP contribution in [-0.2, 0) is 10.0 Å². The standard InChI is InChI=1S/C13H9Br2Cl2NO2S/c1-7-4-10(15)13(6-9(7)14)21(19,20)18-12-3-2-8(16)5-11(12)17/h2-6,18H,1H3. The number of benzene rings is 2. The average Bonchev–Trinajstić information content (AvgIpc) is 2.37. The van der Waals surface area contributed by atoms with Crippen molar-refractivity contribution in [1.29, 1.82) is 0 Å². The summed E-state index contributed by atoms with van der Waals surface area (Å²) in [6.07, 6.45) is 0. The van der Waals surface area contributed by atoms with E-state index in [2.05, 4.69) is 36.6 Å². The van der Waals surface area contributed by atoms with Crippen molar-refractivity contribution in [3.05, 3.63) is 54.9 Å². The van der Waals surface area contributed by atoms with Gasteiger partial charge in [0, 0.05) is 14.0 Å². The van der Waals surface area contributed by atoms with Gasteiger partial charge in [-0.2, -0.15) is 0 Å². The second-order valence-electron chi connectivity index (χ2n) is 4.26. The van der Waals surface area contributed by atoms with Gasteiger partial charge in [-0.25, -0.2) is 8.42 Å². The zero-order chi connectivity index (χ0) is 15.8. The first-order chi connectivity index (χ1) is 9.70. The Bertz CT molecular complexity index is 810. The Hall–Kier alpha value is -0.270. The van der Waals surface area contributed by atoms with E-state index in [0.29, 0.717) is 14.0 Å². The molecule has 3 nitrogen and oxygen atoms in total. The molecule has 0 aliphatic carbocycles. The van der Waals surface area contributed by atoms with Crippen molar-refractivity contribution in [1.82, 2.24) is 0 Å². The molecule has 2 rings (SSSR count). The fourth-order valence-electron chi connectivity index (χ4n) is 1.61. The number of anilines is 1. The van der Waals surface area contributed by atoms with Crippen LogP contribution < -0.4 is 4.72 Å². The molecule has 0 unspecified atom stereocenters. The van der Waals surface area contributed by atoms with E-state index in [4.69, 9.17) is 23.2 Å². The Kier molecular flexibility index (Phi) is 5.26. The van der Waals surface area contributed by atoms with Crippen LogP contribution in [0.2, 0.25) is 10.0 Å². The molecule has 0 radical (unpaired) electrons. The number of rotatable bonds is 3. The van der Waals surface area contributed by atoms with Crippen LogP contribution in [0.4, 0.5) is 5.69 Å². The molecule has 0 saturated carbocycles. The summed E-state index contributed by atoms with van der Waals surface area (Å²) in [6, 6.07) is 7.81. The van der Waals surface area contributed by atoms with Gasteiger partial charge in [-0.05, 0) is 58.7 Å². The lowest BCUT2D eigenvalue weighted by Crippen LogP contribution is -2.14. The van der Waals surface area contributed by atoms with Gasteiger partial charge in [0.1, 0.15) is 4.90 Å². The number of sulfonamides is 1. The van der Waals surface area contributed by atoms with E-state index in [1.165, 1.54) is 18.2 Å². The van der Waals surface area contributed by atoms with E-state index in [1.807, 2.05) is 6.92 Å². The quantitative estimate of drug-likeness (QED) is 0.628. The maximum absolute atomic E-state index is 12.5. The van der Waals surface area contributed by atoms with Crippen molar-refractivity contribution >= 4 is 70.8 Å². The Morgan fingerprint density at radius 2 is 1.71 bits per heavy atom. The van der Waals surface area contributed by atoms with Crippen molar-refractivity contribution in [3.8, 4) is 0 Å². The molecular formula is C13H9Br2Cl2NO2S. The third-order valence-corrected chi connectivity index (χ3v) is 6.40. The second kappa shape index (κ2) is 6.46. The van der Waals surface area contributed by atoms with E-state index >= 15 is 0 Å². The summed E-state index contributed by atoms with van der Waals surface area (Å²) in [5.74, 6) is 0. The normalized spacial score (nSPS) is 11.5. The van der Waals surface area contributed by atoms with Crippen molar-refractivity contribution in [3.63, 3.8) is 0 Å². The van der Waals surface area contributed by atoms with Crippen LogP contribution in [0.1, 0.15) is 5.56 Å². The van der Waals surface area contributed by atoms with Gasteiger partial charge in [0.25, 0.3) is 10.0 Å². The lowest BCUT2D eigenvalue weighted by molar-refractivity contribution is 0.600. The van der Waals surface area contributed by atoms with Crippen molar-refractivity contribution in [2.75, 3.05) is 4.72 Å². The monoisotopic (exact) mass is 471 g/mol. The third-order valence-electron chi connectivity index (χ3n) is 2.68.